The van der Waals surface area contributed by atoms with E-state index in [1.165, 1.54) is 6.07 Å². The van der Waals surface area contributed by atoms with Gasteiger partial charge in [0.2, 0.25) is 0 Å². The fourth-order valence-corrected chi connectivity index (χ4v) is 1.70. The number of carbonyl (C=O) groups is 1. The third-order valence-corrected chi connectivity index (χ3v) is 2.66. The van der Waals surface area contributed by atoms with Gasteiger partial charge in [-0.2, -0.15) is 5.10 Å². The molecule has 0 unspecified atom stereocenters. The van der Waals surface area contributed by atoms with Crippen molar-refractivity contribution in [1.29, 1.82) is 0 Å². The molecule has 0 saturated heterocycles. The summed E-state index contributed by atoms with van der Waals surface area (Å²) in [5.74, 6) is 0.494. The van der Waals surface area contributed by atoms with Crippen molar-refractivity contribution in [3.05, 3.63) is 36.2 Å². The molecule has 1 aromatic carbocycles. The topological polar surface area (TPSA) is 79.4 Å². The van der Waals surface area contributed by atoms with E-state index in [2.05, 4.69) is 5.10 Å². The van der Waals surface area contributed by atoms with E-state index in [4.69, 9.17) is 15.2 Å². The average molecular weight is 275 g/mol. The quantitative estimate of drug-likeness (QED) is 0.669. The first-order chi connectivity index (χ1) is 9.63. The van der Waals surface area contributed by atoms with Crippen LogP contribution < -0.4 is 10.5 Å². The third-order valence-electron chi connectivity index (χ3n) is 2.66. The summed E-state index contributed by atoms with van der Waals surface area (Å²) in [6.45, 7) is 4.76. The molecule has 6 heteroatoms. The van der Waals surface area contributed by atoms with E-state index in [-0.39, 0.29) is 0 Å². The van der Waals surface area contributed by atoms with Crippen LogP contribution in [0.5, 0.6) is 11.5 Å². The number of benzene rings is 1. The molecule has 0 saturated carbocycles. The smallest absolute Gasteiger partial charge is 0.342 e. The maximum atomic E-state index is 11.9. The van der Waals surface area contributed by atoms with Crippen molar-refractivity contribution in [2.45, 2.75) is 20.4 Å². The number of hydrogen-bond donors (Lipinski definition) is 1. The minimum absolute atomic E-state index is 0.292. The summed E-state index contributed by atoms with van der Waals surface area (Å²) in [5, 5.41) is 4.11. The molecule has 0 fully saturated rings. The monoisotopic (exact) mass is 275 g/mol. The number of hydrogen-bond acceptors (Lipinski definition) is 5. The molecule has 2 rings (SSSR count). The molecule has 6 nitrogen and oxygen atoms in total. The Kier molecular flexibility index (Phi) is 4.24. The zero-order valence-corrected chi connectivity index (χ0v) is 11.5. The Morgan fingerprint density at radius 3 is 2.85 bits per heavy atom. The lowest BCUT2D eigenvalue weighted by Crippen LogP contribution is -2.07. The van der Waals surface area contributed by atoms with E-state index in [9.17, 15) is 4.79 Å². The highest BCUT2D eigenvalue weighted by Crippen LogP contribution is 2.27. The number of rotatable bonds is 5. The molecule has 0 radical (unpaired) electrons. The first-order valence-electron chi connectivity index (χ1n) is 6.41. The van der Waals surface area contributed by atoms with Crippen LogP contribution in [0.3, 0.4) is 0 Å². The van der Waals surface area contributed by atoms with Crippen LogP contribution in [-0.2, 0) is 11.3 Å². The molecule has 0 aliphatic rings. The highest BCUT2D eigenvalue weighted by molar-refractivity contribution is 5.93. The molecule has 0 aliphatic carbocycles. The van der Waals surface area contributed by atoms with Crippen molar-refractivity contribution in [2.75, 3.05) is 12.3 Å². The first kappa shape index (κ1) is 13.9. The molecule has 0 bridgehead atoms. The van der Waals surface area contributed by atoms with Gasteiger partial charge in [0.05, 0.1) is 19.0 Å². The van der Waals surface area contributed by atoms with Crippen LogP contribution in [0.1, 0.15) is 24.2 Å². The van der Waals surface area contributed by atoms with Gasteiger partial charge in [0.25, 0.3) is 0 Å². The SMILES string of the molecule is CCOC(=O)c1cc(N)ccc1Oc1cnn(CC)c1. The second-order valence-corrected chi connectivity index (χ2v) is 4.11. The number of aromatic nitrogens is 2. The number of anilines is 1. The number of nitrogen functional groups attached to an aromatic ring is 1. The Morgan fingerprint density at radius 1 is 1.40 bits per heavy atom. The fraction of sp³-hybridized carbons (Fsp3) is 0.286. The molecule has 2 N–H and O–H groups in total. The van der Waals surface area contributed by atoms with Crippen LogP contribution in [0, 0.1) is 0 Å². The van der Waals surface area contributed by atoms with E-state index in [0.717, 1.165) is 6.54 Å². The van der Waals surface area contributed by atoms with Gasteiger partial charge in [0.1, 0.15) is 11.3 Å². The summed E-state index contributed by atoms with van der Waals surface area (Å²) in [5.41, 5.74) is 6.48. The zero-order chi connectivity index (χ0) is 14.5. The van der Waals surface area contributed by atoms with Crippen LogP contribution in [-0.4, -0.2) is 22.4 Å². The Labute approximate surface area is 117 Å². The maximum absolute atomic E-state index is 11.9. The molecule has 1 aromatic heterocycles. The highest BCUT2D eigenvalue weighted by atomic mass is 16.5. The molecular weight excluding hydrogens is 258 g/mol. The largest absolute Gasteiger partial charge is 0.462 e. The summed E-state index contributed by atoms with van der Waals surface area (Å²) in [6.07, 6.45) is 3.35. The lowest BCUT2D eigenvalue weighted by Gasteiger charge is -2.09. The van der Waals surface area contributed by atoms with Crippen molar-refractivity contribution < 1.29 is 14.3 Å². The molecule has 0 amide bonds. The Balaban J connectivity index is 2.28. The van der Waals surface area contributed by atoms with Crippen LogP contribution in [0.25, 0.3) is 0 Å². The first-order valence-corrected chi connectivity index (χ1v) is 6.41. The number of aryl methyl sites for hydroxylation is 1. The Hall–Kier alpha value is -2.50. The third kappa shape index (κ3) is 3.09. The highest BCUT2D eigenvalue weighted by Gasteiger charge is 2.15. The van der Waals surface area contributed by atoms with E-state index >= 15 is 0 Å². The Bertz CT molecular complexity index is 607. The Morgan fingerprint density at radius 2 is 2.20 bits per heavy atom. The van der Waals surface area contributed by atoms with Gasteiger partial charge in [0.15, 0.2) is 5.75 Å². The second kappa shape index (κ2) is 6.10. The number of carbonyl (C=O) groups excluding carboxylic acids is 1. The molecule has 0 aliphatic heterocycles. The summed E-state index contributed by atoms with van der Waals surface area (Å²) >= 11 is 0. The van der Waals surface area contributed by atoms with Gasteiger partial charge in [-0.15, -0.1) is 0 Å². The molecular formula is C14H17N3O3. The van der Waals surface area contributed by atoms with Gasteiger partial charge < -0.3 is 15.2 Å². The number of nitrogens with zero attached hydrogens (tertiary/aromatic N) is 2. The fourth-order valence-electron chi connectivity index (χ4n) is 1.70. The molecule has 0 atom stereocenters. The molecule has 0 spiro atoms. The van der Waals surface area contributed by atoms with Crippen LogP contribution in [0.2, 0.25) is 0 Å². The summed E-state index contributed by atoms with van der Waals surface area (Å²) in [4.78, 5) is 11.9. The van der Waals surface area contributed by atoms with Gasteiger partial charge in [-0.3, -0.25) is 4.68 Å². The van der Waals surface area contributed by atoms with E-state index < -0.39 is 5.97 Å². The minimum Gasteiger partial charge on any atom is -0.462 e. The van der Waals surface area contributed by atoms with Gasteiger partial charge >= 0.3 is 5.97 Å². The van der Waals surface area contributed by atoms with E-state index in [1.807, 2.05) is 6.92 Å². The van der Waals surface area contributed by atoms with Crippen molar-refractivity contribution in [1.82, 2.24) is 9.78 Å². The van der Waals surface area contributed by atoms with Crippen molar-refractivity contribution >= 4 is 11.7 Å². The standard InChI is InChI=1S/C14H17N3O3/c1-3-17-9-11(8-16-17)20-13-6-5-10(15)7-12(13)14(18)19-4-2/h5-9H,3-4,15H2,1-2H3. The predicted octanol–water partition coefficient (Wildman–Crippen LogP) is 2.45. The zero-order valence-electron chi connectivity index (χ0n) is 11.5. The lowest BCUT2D eigenvalue weighted by molar-refractivity contribution is 0.0523. The molecule has 106 valence electrons. The summed E-state index contributed by atoms with van der Waals surface area (Å²) < 4.78 is 12.4. The lowest BCUT2D eigenvalue weighted by atomic mass is 10.2. The van der Waals surface area contributed by atoms with Gasteiger partial charge in [-0.05, 0) is 32.0 Å². The number of ether oxygens (including phenoxy) is 2. The minimum atomic E-state index is -0.460. The normalized spacial score (nSPS) is 10.3. The van der Waals surface area contributed by atoms with E-state index in [0.29, 0.717) is 29.4 Å². The van der Waals surface area contributed by atoms with Gasteiger partial charge in [-0.1, -0.05) is 0 Å². The number of nitrogens with two attached hydrogens (primary N) is 1. The molecule has 20 heavy (non-hydrogen) atoms. The molecule has 1 heterocycles. The predicted molar refractivity (Wildman–Crippen MR) is 74.8 cm³/mol. The maximum Gasteiger partial charge on any atom is 0.342 e. The van der Waals surface area contributed by atoms with Crippen molar-refractivity contribution in [3.8, 4) is 11.5 Å². The summed E-state index contributed by atoms with van der Waals surface area (Å²) in [7, 11) is 0. The van der Waals surface area contributed by atoms with Gasteiger partial charge in [-0.25, -0.2) is 4.79 Å². The van der Waals surface area contributed by atoms with E-state index in [1.54, 1.807) is 36.1 Å². The van der Waals surface area contributed by atoms with Crippen LogP contribution in [0.4, 0.5) is 5.69 Å². The number of esters is 1. The van der Waals surface area contributed by atoms with Crippen molar-refractivity contribution in [2.24, 2.45) is 0 Å². The van der Waals surface area contributed by atoms with Gasteiger partial charge in [0, 0.05) is 12.2 Å². The second-order valence-electron chi connectivity index (χ2n) is 4.11. The average Bonchev–Trinajstić information content (AvgIpc) is 2.89. The van der Waals surface area contributed by atoms with Crippen LogP contribution in [0.15, 0.2) is 30.6 Å². The van der Waals surface area contributed by atoms with Crippen molar-refractivity contribution in [3.63, 3.8) is 0 Å². The van der Waals surface area contributed by atoms with Crippen LogP contribution >= 0.6 is 0 Å². The molecule has 2 aromatic rings. The summed E-state index contributed by atoms with van der Waals surface area (Å²) in [6, 6.07) is 4.85.